The van der Waals surface area contributed by atoms with E-state index in [2.05, 4.69) is 89.9 Å². The van der Waals surface area contributed by atoms with E-state index in [1.54, 1.807) is 0 Å². The van der Waals surface area contributed by atoms with Gasteiger partial charge in [0.25, 0.3) is 0 Å². The van der Waals surface area contributed by atoms with Gasteiger partial charge in [-0.2, -0.15) is 0 Å². The third-order valence-corrected chi connectivity index (χ3v) is 5.02. The van der Waals surface area contributed by atoms with Crippen molar-refractivity contribution in [1.82, 2.24) is 4.98 Å². The van der Waals surface area contributed by atoms with Crippen LogP contribution in [0.2, 0.25) is 0 Å². The van der Waals surface area contributed by atoms with Crippen LogP contribution in [0.1, 0.15) is 22.7 Å². The highest BCUT2D eigenvalue weighted by Crippen LogP contribution is 2.41. The van der Waals surface area contributed by atoms with Crippen LogP contribution in [-0.2, 0) is 0 Å². The van der Waals surface area contributed by atoms with Crippen LogP contribution in [0.25, 0.3) is 28.0 Å². The van der Waals surface area contributed by atoms with Gasteiger partial charge in [-0.3, -0.25) is 4.98 Å². The van der Waals surface area contributed by atoms with E-state index in [1.807, 2.05) is 12.3 Å². The van der Waals surface area contributed by atoms with E-state index in [1.165, 1.54) is 33.0 Å². The molecule has 25 heavy (non-hydrogen) atoms. The van der Waals surface area contributed by atoms with Crippen LogP contribution in [0.3, 0.4) is 0 Å². The second kappa shape index (κ2) is 5.71. The van der Waals surface area contributed by atoms with E-state index < -0.39 is 0 Å². The maximum absolute atomic E-state index is 4.56. The molecule has 0 spiro atoms. The average Bonchev–Trinajstić information content (AvgIpc) is 3.12. The zero-order valence-corrected chi connectivity index (χ0v) is 13.8. The molecule has 0 saturated carbocycles. The predicted octanol–water partition coefficient (Wildman–Crippen LogP) is 6.06. The van der Waals surface area contributed by atoms with Gasteiger partial charge in [-0.25, -0.2) is 0 Å². The molecule has 3 aromatic carbocycles. The van der Waals surface area contributed by atoms with Gasteiger partial charge in [0.05, 0.1) is 5.69 Å². The van der Waals surface area contributed by atoms with Gasteiger partial charge in [0.2, 0.25) is 0 Å². The highest BCUT2D eigenvalue weighted by Gasteiger charge is 2.22. The van der Waals surface area contributed by atoms with Gasteiger partial charge in [0.1, 0.15) is 0 Å². The highest BCUT2D eigenvalue weighted by molar-refractivity contribution is 5.99. The standard InChI is InChI=1S/C24H17N/c1-2-9-18-17(7-1)8-5-10-19(18)20-11-6-12-21-22(20)14-15-23(21)24-13-3-4-16-25-24/h1-16,23H. The predicted molar refractivity (Wildman–Crippen MR) is 104 cm³/mol. The Hall–Kier alpha value is -3.19. The number of rotatable bonds is 2. The molecule has 1 aliphatic rings. The molecule has 1 atom stereocenters. The van der Waals surface area contributed by atoms with Gasteiger partial charge in [-0.1, -0.05) is 78.9 Å². The molecule has 0 bridgehead atoms. The highest BCUT2D eigenvalue weighted by atomic mass is 14.7. The third-order valence-electron chi connectivity index (χ3n) is 5.02. The Balaban J connectivity index is 1.71. The molecule has 0 aliphatic heterocycles. The first-order valence-corrected chi connectivity index (χ1v) is 8.62. The maximum atomic E-state index is 4.56. The van der Waals surface area contributed by atoms with Crippen molar-refractivity contribution in [1.29, 1.82) is 0 Å². The van der Waals surface area contributed by atoms with Crippen LogP contribution in [0, 0.1) is 0 Å². The summed E-state index contributed by atoms with van der Waals surface area (Å²) in [5.41, 5.74) is 6.34. The van der Waals surface area contributed by atoms with Crippen LogP contribution >= 0.6 is 0 Å². The van der Waals surface area contributed by atoms with Crippen LogP contribution in [-0.4, -0.2) is 4.98 Å². The lowest BCUT2D eigenvalue weighted by Crippen LogP contribution is -1.99. The van der Waals surface area contributed by atoms with Crippen LogP contribution in [0.15, 0.2) is 91.1 Å². The largest absolute Gasteiger partial charge is 0.260 e. The number of hydrogen-bond acceptors (Lipinski definition) is 1. The number of benzene rings is 3. The van der Waals surface area contributed by atoms with Crippen molar-refractivity contribution < 1.29 is 0 Å². The fourth-order valence-corrected chi connectivity index (χ4v) is 3.85. The summed E-state index contributed by atoms with van der Waals surface area (Å²) in [6.45, 7) is 0. The Morgan fingerprint density at radius 1 is 0.680 bits per heavy atom. The van der Waals surface area contributed by atoms with Gasteiger partial charge in [0.15, 0.2) is 0 Å². The summed E-state index contributed by atoms with van der Waals surface area (Å²) in [5.74, 6) is 0.242. The van der Waals surface area contributed by atoms with Crippen molar-refractivity contribution in [3.8, 4) is 11.1 Å². The fraction of sp³-hybridized carbons (Fsp3) is 0.0417. The monoisotopic (exact) mass is 319 g/mol. The van der Waals surface area contributed by atoms with E-state index in [0.717, 1.165) is 5.69 Å². The first-order chi connectivity index (χ1) is 12.4. The number of hydrogen-bond donors (Lipinski definition) is 0. The lowest BCUT2D eigenvalue weighted by atomic mass is 9.90. The third kappa shape index (κ3) is 2.28. The second-order valence-electron chi connectivity index (χ2n) is 6.43. The van der Waals surface area contributed by atoms with Crippen LogP contribution in [0.4, 0.5) is 0 Å². The van der Waals surface area contributed by atoms with Crippen molar-refractivity contribution in [2.75, 3.05) is 0 Å². The zero-order valence-electron chi connectivity index (χ0n) is 13.8. The summed E-state index contributed by atoms with van der Waals surface area (Å²) in [6.07, 6.45) is 6.39. The van der Waals surface area contributed by atoms with E-state index in [9.17, 15) is 0 Å². The molecule has 1 aromatic heterocycles. The van der Waals surface area contributed by atoms with E-state index in [0.29, 0.717) is 0 Å². The van der Waals surface area contributed by atoms with Gasteiger partial charge in [-0.15, -0.1) is 0 Å². The molecule has 0 fully saturated rings. The summed E-state index contributed by atoms with van der Waals surface area (Å²) in [6, 6.07) is 27.9. The zero-order chi connectivity index (χ0) is 16.6. The molecule has 0 saturated heterocycles. The lowest BCUT2D eigenvalue weighted by Gasteiger charge is -2.14. The summed E-state index contributed by atoms with van der Waals surface area (Å²) in [7, 11) is 0. The van der Waals surface area contributed by atoms with Crippen LogP contribution < -0.4 is 0 Å². The van der Waals surface area contributed by atoms with Crippen LogP contribution in [0.5, 0.6) is 0 Å². The first kappa shape index (κ1) is 14.2. The van der Waals surface area contributed by atoms with Crippen molar-refractivity contribution in [3.05, 3.63) is 108 Å². The second-order valence-corrected chi connectivity index (χ2v) is 6.43. The molecule has 0 radical (unpaired) electrons. The Morgan fingerprint density at radius 2 is 1.48 bits per heavy atom. The van der Waals surface area contributed by atoms with E-state index >= 15 is 0 Å². The average molecular weight is 319 g/mol. The minimum atomic E-state index is 0.242. The number of fused-ring (bicyclic) bond motifs is 2. The van der Waals surface area contributed by atoms with Gasteiger partial charge < -0.3 is 0 Å². The molecule has 118 valence electrons. The minimum absolute atomic E-state index is 0.242. The Labute approximate surface area is 147 Å². The molecule has 1 unspecified atom stereocenters. The minimum Gasteiger partial charge on any atom is -0.260 e. The summed E-state index contributed by atoms with van der Waals surface area (Å²) < 4.78 is 0. The maximum Gasteiger partial charge on any atom is 0.0516 e. The first-order valence-electron chi connectivity index (χ1n) is 8.62. The number of allylic oxidation sites excluding steroid dienone is 1. The Kier molecular flexibility index (Phi) is 3.24. The van der Waals surface area contributed by atoms with Crippen molar-refractivity contribution >= 4 is 16.8 Å². The molecular weight excluding hydrogens is 302 g/mol. The smallest absolute Gasteiger partial charge is 0.0516 e. The van der Waals surface area contributed by atoms with Gasteiger partial charge in [-0.05, 0) is 45.2 Å². The number of nitrogens with zero attached hydrogens (tertiary/aromatic N) is 1. The molecule has 4 aromatic rings. The molecule has 1 nitrogen and oxygen atoms in total. The summed E-state index contributed by atoms with van der Waals surface area (Å²) in [4.78, 5) is 4.56. The fourth-order valence-electron chi connectivity index (χ4n) is 3.85. The van der Waals surface area contributed by atoms with Crippen molar-refractivity contribution in [2.24, 2.45) is 0 Å². The molecule has 5 rings (SSSR count). The molecule has 1 heteroatoms. The van der Waals surface area contributed by atoms with Gasteiger partial charge >= 0.3 is 0 Å². The SMILES string of the molecule is C1=CC(c2ccccn2)c2cccc(-c3cccc4ccccc34)c21. The summed E-state index contributed by atoms with van der Waals surface area (Å²) in [5, 5.41) is 2.58. The molecule has 1 heterocycles. The number of pyridine rings is 1. The van der Waals surface area contributed by atoms with E-state index in [-0.39, 0.29) is 5.92 Å². The molecular formula is C24H17N. The number of aromatic nitrogens is 1. The summed E-state index contributed by atoms with van der Waals surface area (Å²) >= 11 is 0. The Morgan fingerprint density at radius 3 is 2.40 bits per heavy atom. The molecule has 0 amide bonds. The normalized spacial score (nSPS) is 15.4. The molecule has 0 N–H and O–H groups in total. The van der Waals surface area contributed by atoms with Crippen molar-refractivity contribution in [3.63, 3.8) is 0 Å². The molecule has 1 aliphatic carbocycles. The van der Waals surface area contributed by atoms with Crippen molar-refractivity contribution in [2.45, 2.75) is 5.92 Å². The Bertz CT molecular complexity index is 1090. The van der Waals surface area contributed by atoms with E-state index in [4.69, 9.17) is 0 Å². The topological polar surface area (TPSA) is 12.9 Å². The lowest BCUT2D eigenvalue weighted by molar-refractivity contribution is 0.972. The van der Waals surface area contributed by atoms with Gasteiger partial charge in [0, 0.05) is 12.1 Å². The quantitative estimate of drug-likeness (QED) is 0.437.